The number of carbonyl (C=O) groups excluding carboxylic acids is 1. The first-order valence-corrected chi connectivity index (χ1v) is 11.4. The highest BCUT2D eigenvalue weighted by molar-refractivity contribution is 5.91. The first kappa shape index (κ1) is 24.2. The van der Waals surface area contributed by atoms with Crippen molar-refractivity contribution in [2.45, 2.75) is 25.9 Å². The Kier molecular flexibility index (Phi) is 7.26. The van der Waals surface area contributed by atoms with E-state index in [0.717, 1.165) is 16.9 Å². The molecule has 2 aromatic carbocycles. The molecule has 1 amide bonds. The van der Waals surface area contributed by atoms with Crippen molar-refractivity contribution in [2.24, 2.45) is 4.99 Å². The zero-order chi connectivity index (χ0) is 24.9. The van der Waals surface area contributed by atoms with E-state index in [4.69, 9.17) is 4.74 Å². The van der Waals surface area contributed by atoms with Crippen molar-refractivity contribution in [3.8, 4) is 11.5 Å². The van der Waals surface area contributed by atoms with Gasteiger partial charge in [-0.15, -0.1) is 0 Å². The predicted octanol–water partition coefficient (Wildman–Crippen LogP) is 4.88. The number of aliphatic imine (C=N–C) groups is 1. The topological polar surface area (TPSA) is 90.9 Å². The highest BCUT2D eigenvalue weighted by Gasteiger charge is 2.22. The van der Waals surface area contributed by atoms with Gasteiger partial charge in [0.15, 0.2) is 0 Å². The van der Waals surface area contributed by atoms with E-state index < -0.39 is 0 Å². The number of nitrogens with zero attached hydrogens (tertiary/aromatic N) is 3. The van der Waals surface area contributed by atoms with Crippen molar-refractivity contribution in [1.82, 2.24) is 10.3 Å². The number of rotatable bonds is 8. The van der Waals surface area contributed by atoms with Gasteiger partial charge >= 0.3 is 0 Å². The van der Waals surface area contributed by atoms with Crippen LogP contribution in [0.25, 0.3) is 0 Å². The second-order valence-corrected chi connectivity index (χ2v) is 8.58. The van der Waals surface area contributed by atoms with Crippen molar-refractivity contribution in [3.05, 3.63) is 66.1 Å². The number of amides is 1. The second-order valence-electron chi connectivity index (χ2n) is 8.58. The maximum absolute atomic E-state index is 14.4. The summed E-state index contributed by atoms with van der Waals surface area (Å²) in [6, 6.07) is 14.1. The van der Waals surface area contributed by atoms with Gasteiger partial charge in [-0.25, -0.2) is 9.37 Å². The van der Waals surface area contributed by atoms with Gasteiger partial charge in [0.1, 0.15) is 29.3 Å². The Hall–Kier alpha value is -3.98. The summed E-state index contributed by atoms with van der Waals surface area (Å²) in [5.41, 5.74) is 3.12. The minimum Gasteiger partial charge on any atom is -0.457 e. The normalized spacial score (nSPS) is 14.6. The van der Waals surface area contributed by atoms with E-state index in [1.54, 1.807) is 31.6 Å². The zero-order valence-corrected chi connectivity index (χ0v) is 20.2. The molecule has 0 spiro atoms. The van der Waals surface area contributed by atoms with Crippen molar-refractivity contribution < 1.29 is 13.9 Å². The fourth-order valence-corrected chi connectivity index (χ4v) is 3.70. The van der Waals surface area contributed by atoms with Crippen LogP contribution in [-0.2, 0) is 4.79 Å². The highest BCUT2D eigenvalue weighted by atomic mass is 19.1. The summed E-state index contributed by atoms with van der Waals surface area (Å²) >= 11 is 0. The molecule has 0 fully saturated rings. The van der Waals surface area contributed by atoms with Crippen LogP contribution in [0, 0.1) is 5.82 Å². The van der Waals surface area contributed by atoms with E-state index in [9.17, 15) is 9.18 Å². The van der Waals surface area contributed by atoms with Crippen LogP contribution in [0.4, 0.5) is 27.3 Å². The first-order valence-electron chi connectivity index (χ1n) is 11.4. The molecule has 1 aliphatic rings. The molecule has 3 N–H and O–H groups in total. The Balaban J connectivity index is 1.48. The van der Waals surface area contributed by atoms with Gasteiger partial charge in [0.25, 0.3) is 0 Å². The van der Waals surface area contributed by atoms with E-state index >= 15 is 0 Å². The average Bonchev–Trinajstić information content (AvgIpc) is 2.82. The molecule has 1 aliphatic heterocycles. The molecule has 0 saturated heterocycles. The van der Waals surface area contributed by atoms with Gasteiger partial charge in [0.2, 0.25) is 5.91 Å². The molecule has 9 heteroatoms. The SMILES string of the molecule is CNCC(=O)Nc1cc(Oc2ccc3c(c2)N=CC(Nc2cc(C(C)C)ccc2F)N3C)ccn1. The number of ether oxygens (including phenoxy) is 1. The molecule has 35 heavy (non-hydrogen) atoms. The molecule has 182 valence electrons. The lowest BCUT2D eigenvalue weighted by Gasteiger charge is -2.33. The average molecular weight is 477 g/mol. The Morgan fingerprint density at radius 1 is 1.14 bits per heavy atom. The van der Waals surface area contributed by atoms with Crippen LogP contribution in [0.2, 0.25) is 0 Å². The lowest BCUT2D eigenvalue weighted by Crippen LogP contribution is -2.41. The number of halogens is 1. The smallest absolute Gasteiger partial charge is 0.239 e. The third-order valence-electron chi connectivity index (χ3n) is 5.63. The van der Waals surface area contributed by atoms with Gasteiger partial charge in [-0.2, -0.15) is 0 Å². The summed E-state index contributed by atoms with van der Waals surface area (Å²) < 4.78 is 20.4. The highest BCUT2D eigenvalue weighted by Crippen LogP contribution is 2.37. The maximum Gasteiger partial charge on any atom is 0.239 e. The number of pyridine rings is 1. The van der Waals surface area contributed by atoms with Crippen molar-refractivity contribution in [2.75, 3.05) is 36.2 Å². The van der Waals surface area contributed by atoms with Crippen LogP contribution < -0.4 is 25.6 Å². The Morgan fingerprint density at radius 2 is 1.94 bits per heavy atom. The number of carbonyl (C=O) groups is 1. The second kappa shape index (κ2) is 10.5. The lowest BCUT2D eigenvalue weighted by atomic mass is 10.0. The van der Waals surface area contributed by atoms with Gasteiger partial charge in [0, 0.05) is 31.6 Å². The van der Waals surface area contributed by atoms with Gasteiger partial charge in [-0.3, -0.25) is 9.79 Å². The molecule has 0 aliphatic carbocycles. The van der Waals surface area contributed by atoms with E-state index in [-0.39, 0.29) is 24.4 Å². The van der Waals surface area contributed by atoms with Crippen LogP contribution in [0.3, 0.4) is 0 Å². The van der Waals surface area contributed by atoms with Gasteiger partial charge in [0.05, 0.1) is 23.6 Å². The maximum atomic E-state index is 14.4. The van der Waals surface area contributed by atoms with Crippen molar-refractivity contribution in [1.29, 1.82) is 0 Å². The quantitative estimate of drug-likeness (QED) is 0.429. The first-order chi connectivity index (χ1) is 16.8. The molecule has 0 radical (unpaired) electrons. The zero-order valence-electron chi connectivity index (χ0n) is 20.2. The predicted molar refractivity (Wildman–Crippen MR) is 138 cm³/mol. The molecule has 8 nitrogen and oxygen atoms in total. The van der Waals surface area contributed by atoms with Gasteiger partial charge in [-0.05, 0) is 48.9 Å². The third-order valence-corrected chi connectivity index (χ3v) is 5.63. The van der Waals surface area contributed by atoms with Crippen LogP contribution in [-0.4, -0.2) is 43.9 Å². The molecule has 1 unspecified atom stereocenters. The Morgan fingerprint density at radius 3 is 2.71 bits per heavy atom. The number of fused-ring (bicyclic) bond motifs is 1. The molecule has 2 heterocycles. The summed E-state index contributed by atoms with van der Waals surface area (Å²) in [5, 5.41) is 8.74. The number of anilines is 3. The van der Waals surface area contributed by atoms with Gasteiger partial charge in [-0.1, -0.05) is 19.9 Å². The van der Waals surface area contributed by atoms with Crippen LogP contribution >= 0.6 is 0 Å². The Labute approximate surface area is 204 Å². The molecule has 1 aromatic heterocycles. The summed E-state index contributed by atoms with van der Waals surface area (Å²) in [6.07, 6.45) is 3.00. The fourth-order valence-electron chi connectivity index (χ4n) is 3.70. The summed E-state index contributed by atoms with van der Waals surface area (Å²) in [4.78, 5) is 22.5. The Bertz CT molecular complexity index is 1250. The van der Waals surface area contributed by atoms with E-state index in [1.807, 2.05) is 42.3 Å². The molecule has 3 aromatic rings. The standard InChI is InChI=1S/C26H29FN6O2/c1-16(2)17-5-7-20(27)21(11-17)31-25-14-30-22-12-18(6-8-23(22)33(25)4)35-19-9-10-29-24(13-19)32-26(34)15-28-3/h5-14,16,25,28,31H,15H2,1-4H3,(H,29,32,34). The van der Waals surface area contributed by atoms with Crippen LogP contribution in [0.1, 0.15) is 25.3 Å². The van der Waals surface area contributed by atoms with Gasteiger partial charge < -0.3 is 25.6 Å². The third kappa shape index (κ3) is 5.75. The van der Waals surface area contributed by atoms with E-state index in [2.05, 4.69) is 39.8 Å². The monoisotopic (exact) mass is 476 g/mol. The molecular formula is C26H29FN6O2. The van der Waals surface area contributed by atoms with Crippen molar-refractivity contribution >= 4 is 35.0 Å². The fraction of sp³-hybridized carbons (Fsp3) is 0.269. The minimum atomic E-state index is -0.310. The lowest BCUT2D eigenvalue weighted by molar-refractivity contribution is -0.115. The number of hydrogen-bond donors (Lipinski definition) is 3. The number of hydrogen-bond acceptors (Lipinski definition) is 7. The molecule has 0 saturated carbocycles. The van der Waals surface area contributed by atoms with Crippen molar-refractivity contribution in [3.63, 3.8) is 0 Å². The number of likely N-dealkylation sites (N-methyl/N-ethyl adjacent to an activating group) is 1. The number of benzene rings is 2. The van der Waals surface area contributed by atoms with Crippen LogP contribution in [0.5, 0.6) is 11.5 Å². The minimum absolute atomic E-state index is 0.189. The van der Waals surface area contributed by atoms with E-state index in [0.29, 0.717) is 28.9 Å². The molecular weight excluding hydrogens is 447 g/mol. The molecule has 0 bridgehead atoms. The van der Waals surface area contributed by atoms with E-state index in [1.165, 1.54) is 6.07 Å². The van der Waals surface area contributed by atoms with Crippen LogP contribution in [0.15, 0.2) is 59.7 Å². The summed E-state index contributed by atoms with van der Waals surface area (Å²) in [5.74, 6) is 1.34. The summed E-state index contributed by atoms with van der Waals surface area (Å²) in [7, 11) is 3.62. The molecule has 4 rings (SSSR count). The number of nitrogens with one attached hydrogen (secondary N) is 3. The molecule has 1 atom stereocenters. The summed E-state index contributed by atoms with van der Waals surface area (Å²) in [6.45, 7) is 4.34. The number of aromatic nitrogens is 1. The largest absolute Gasteiger partial charge is 0.457 e.